The van der Waals surface area contributed by atoms with Crippen molar-refractivity contribution in [2.45, 2.75) is 51.4 Å². The number of fused-ring (bicyclic) bond motifs is 2. The van der Waals surface area contributed by atoms with Gasteiger partial charge in [-0.15, -0.1) is 0 Å². The van der Waals surface area contributed by atoms with Crippen LogP contribution in [0.4, 0.5) is 17.2 Å². The molecule has 0 radical (unpaired) electrons. The molecule has 7 heteroatoms. The predicted molar refractivity (Wildman–Crippen MR) is 137 cm³/mol. The number of hydrogen-bond acceptors (Lipinski definition) is 5. The highest BCUT2D eigenvalue weighted by Gasteiger charge is 2.41. The number of carbonyl (C=O) groups is 1. The minimum Gasteiger partial charge on any atom is -0.371 e. The molecule has 1 amide bonds. The van der Waals surface area contributed by atoms with Gasteiger partial charge in [0.25, 0.3) is 5.91 Å². The largest absolute Gasteiger partial charge is 0.371 e. The number of primary amides is 1. The van der Waals surface area contributed by atoms with Gasteiger partial charge in [-0.2, -0.15) is 0 Å². The maximum Gasteiger partial charge on any atom is 0.271 e. The van der Waals surface area contributed by atoms with Crippen LogP contribution in [0.25, 0.3) is 0 Å². The van der Waals surface area contributed by atoms with E-state index in [-0.39, 0.29) is 16.7 Å². The lowest BCUT2D eigenvalue weighted by molar-refractivity contribution is 0.0996. The number of piperidine rings is 1. The lowest BCUT2D eigenvalue weighted by atomic mass is 9.73. The summed E-state index contributed by atoms with van der Waals surface area (Å²) in [6.07, 6.45) is 5.41. The average molecular weight is 476 g/mol. The van der Waals surface area contributed by atoms with Gasteiger partial charge in [-0.1, -0.05) is 42.8 Å². The summed E-state index contributed by atoms with van der Waals surface area (Å²) < 4.78 is 0. The molecule has 3 N–H and O–H groups in total. The maximum absolute atomic E-state index is 11.9. The average Bonchev–Trinajstić information content (AvgIpc) is 3.18. The van der Waals surface area contributed by atoms with E-state index in [1.54, 1.807) is 5.56 Å². The first-order valence-electron chi connectivity index (χ1n) is 12.0. The van der Waals surface area contributed by atoms with E-state index in [2.05, 4.69) is 63.5 Å². The Labute approximate surface area is 205 Å². The highest BCUT2D eigenvalue weighted by atomic mass is 35.5. The Morgan fingerprint density at radius 1 is 1.15 bits per heavy atom. The van der Waals surface area contributed by atoms with Crippen molar-refractivity contribution in [3.63, 3.8) is 0 Å². The van der Waals surface area contributed by atoms with Gasteiger partial charge in [0.05, 0.1) is 5.69 Å². The molecule has 1 spiro atoms. The van der Waals surface area contributed by atoms with Gasteiger partial charge < -0.3 is 16.0 Å². The summed E-state index contributed by atoms with van der Waals surface area (Å²) in [5.41, 5.74) is 12.9. The molecule has 6 nitrogen and oxygen atoms in total. The molecule has 0 atom stereocenters. The third kappa shape index (κ3) is 4.00. The van der Waals surface area contributed by atoms with Gasteiger partial charge in [0, 0.05) is 24.5 Å². The lowest BCUT2D eigenvalue weighted by Gasteiger charge is -2.41. The molecule has 0 unspecified atom stereocenters. The normalized spacial score (nSPS) is 16.5. The molecule has 2 aliphatic rings. The number of carbonyl (C=O) groups excluding carboxylic acids is 1. The summed E-state index contributed by atoms with van der Waals surface area (Å²) in [7, 11) is 0. The van der Waals surface area contributed by atoms with E-state index >= 15 is 0 Å². The number of anilines is 3. The van der Waals surface area contributed by atoms with E-state index < -0.39 is 5.91 Å². The second-order valence-corrected chi connectivity index (χ2v) is 9.78. The molecule has 1 fully saturated rings. The van der Waals surface area contributed by atoms with E-state index in [1.165, 1.54) is 36.9 Å². The van der Waals surface area contributed by atoms with Crippen LogP contribution in [0.15, 0.2) is 42.5 Å². The standard InChI is InChI=1S/C27H30ClN5O/c1-3-21-24(28)32-26(23(31-21)25(29)34)30-19-8-9-22(17(2)16-19)33-14-12-27(13-15-33)11-10-18-6-4-5-7-20(18)27/h4-9,16H,3,10-15H2,1-2H3,(H2,29,34)(H,30,32). The topological polar surface area (TPSA) is 84.1 Å². The molecule has 176 valence electrons. The van der Waals surface area contributed by atoms with Crippen molar-refractivity contribution in [3.05, 3.63) is 75.7 Å². The van der Waals surface area contributed by atoms with Crippen molar-refractivity contribution >= 4 is 34.7 Å². The van der Waals surface area contributed by atoms with Crippen LogP contribution in [0.5, 0.6) is 0 Å². The summed E-state index contributed by atoms with van der Waals surface area (Å²) in [4.78, 5) is 23.1. The first-order valence-corrected chi connectivity index (χ1v) is 12.4. The highest BCUT2D eigenvalue weighted by Crippen LogP contribution is 2.47. The third-order valence-electron chi connectivity index (χ3n) is 7.47. The van der Waals surface area contributed by atoms with Crippen LogP contribution in [-0.2, 0) is 18.3 Å². The molecule has 5 rings (SSSR count). The molecule has 2 heterocycles. The van der Waals surface area contributed by atoms with Crippen LogP contribution < -0.4 is 16.0 Å². The monoisotopic (exact) mass is 475 g/mol. The first kappa shape index (κ1) is 22.7. The number of aryl methyl sites for hydroxylation is 3. The number of benzene rings is 2. The number of halogens is 1. The van der Waals surface area contributed by atoms with E-state index in [0.717, 1.165) is 24.3 Å². The fraction of sp³-hybridized carbons (Fsp3) is 0.370. The van der Waals surface area contributed by atoms with Crippen molar-refractivity contribution in [3.8, 4) is 0 Å². The number of nitrogens with two attached hydrogens (primary N) is 1. The lowest BCUT2D eigenvalue weighted by Crippen LogP contribution is -2.41. The zero-order valence-corrected chi connectivity index (χ0v) is 20.5. The molecular formula is C27H30ClN5O. The summed E-state index contributed by atoms with van der Waals surface area (Å²) >= 11 is 6.24. The minimum atomic E-state index is -0.634. The summed E-state index contributed by atoms with van der Waals surface area (Å²) in [5, 5.41) is 3.47. The van der Waals surface area contributed by atoms with Crippen LogP contribution in [0.3, 0.4) is 0 Å². The fourth-order valence-electron chi connectivity index (χ4n) is 5.62. The van der Waals surface area contributed by atoms with E-state index in [1.807, 2.05) is 13.0 Å². The van der Waals surface area contributed by atoms with Gasteiger partial charge >= 0.3 is 0 Å². The summed E-state index contributed by atoms with van der Waals surface area (Å²) in [5.74, 6) is -0.355. The molecule has 34 heavy (non-hydrogen) atoms. The Morgan fingerprint density at radius 3 is 2.62 bits per heavy atom. The van der Waals surface area contributed by atoms with Crippen LogP contribution >= 0.6 is 11.6 Å². The molecule has 1 saturated heterocycles. The number of rotatable bonds is 5. The minimum absolute atomic E-state index is 0.0983. The number of amides is 1. The fourth-order valence-corrected chi connectivity index (χ4v) is 5.88. The smallest absolute Gasteiger partial charge is 0.271 e. The second kappa shape index (κ2) is 8.91. The maximum atomic E-state index is 11.9. The first-order chi connectivity index (χ1) is 16.4. The second-order valence-electron chi connectivity index (χ2n) is 9.43. The van der Waals surface area contributed by atoms with Crippen LogP contribution in [0, 0.1) is 6.92 Å². The molecule has 1 aliphatic heterocycles. The van der Waals surface area contributed by atoms with Gasteiger partial charge in [0.2, 0.25) is 0 Å². The number of nitrogens with zero attached hydrogens (tertiary/aromatic N) is 3. The Bertz CT molecular complexity index is 1250. The molecule has 0 saturated carbocycles. The zero-order valence-electron chi connectivity index (χ0n) is 19.7. The van der Waals surface area contributed by atoms with Crippen molar-refractivity contribution in [1.29, 1.82) is 0 Å². The molecule has 1 aromatic heterocycles. The van der Waals surface area contributed by atoms with E-state index in [4.69, 9.17) is 17.3 Å². The van der Waals surface area contributed by atoms with Crippen LogP contribution in [0.2, 0.25) is 5.15 Å². The van der Waals surface area contributed by atoms with E-state index in [9.17, 15) is 4.79 Å². The molecule has 3 aromatic rings. The van der Waals surface area contributed by atoms with E-state index in [0.29, 0.717) is 17.5 Å². The van der Waals surface area contributed by atoms with Crippen molar-refractivity contribution in [2.24, 2.45) is 5.73 Å². The van der Waals surface area contributed by atoms with Gasteiger partial charge in [-0.3, -0.25) is 4.79 Å². The van der Waals surface area contributed by atoms with Gasteiger partial charge in [0.1, 0.15) is 0 Å². The van der Waals surface area contributed by atoms with Crippen molar-refractivity contribution in [2.75, 3.05) is 23.3 Å². The van der Waals surface area contributed by atoms with Crippen LogP contribution in [-0.4, -0.2) is 29.0 Å². The van der Waals surface area contributed by atoms with Crippen molar-refractivity contribution in [1.82, 2.24) is 9.97 Å². The van der Waals surface area contributed by atoms with Gasteiger partial charge in [0.15, 0.2) is 16.7 Å². The Balaban J connectivity index is 1.33. The number of aromatic nitrogens is 2. The molecule has 0 bridgehead atoms. The highest BCUT2D eigenvalue weighted by molar-refractivity contribution is 6.30. The molecule has 2 aromatic carbocycles. The SMILES string of the molecule is CCc1nc(C(N)=O)c(Nc2ccc(N3CCC4(CCc5ccccc54)CC3)c(C)c2)nc1Cl. The quantitative estimate of drug-likeness (QED) is 0.521. The Morgan fingerprint density at radius 2 is 1.91 bits per heavy atom. The Hall–Kier alpha value is -3.12. The zero-order chi connectivity index (χ0) is 23.9. The Kier molecular flexibility index (Phi) is 5.94. The van der Waals surface area contributed by atoms with Crippen molar-refractivity contribution < 1.29 is 4.79 Å². The van der Waals surface area contributed by atoms with Crippen LogP contribution in [0.1, 0.15) is 59.1 Å². The molecule has 1 aliphatic carbocycles. The predicted octanol–water partition coefficient (Wildman–Crippen LogP) is 5.33. The third-order valence-corrected chi connectivity index (χ3v) is 7.77. The molecular weight excluding hydrogens is 446 g/mol. The van der Waals surface area contributed by atoms with Gasteiger partial charge in [-0.25, -0.2) is 9.97 Å². The number of nitrogens with one attached hydrogen (secondary N) is 1. The van der Waals surface area contributed by atoms with Gasteiger partial charge in [-0.05, 0) is 79.3 Å². The summed E-state index contributed by atoms with van der Waals surface area (Å²) in [6, 6.07) is 15.2. The number of hydrogen-bond donors (Lipinski definition) is 2. The summed E-state index contributed by atoms with van der Waals surface area (Å²) in [6.45, 7) is 6.12.